The molecule has 1 aromatic rings. The summed E-state index contributed by atoms with van der Waals surface area (Å²) in [5.74, 6) is 1.68. The number of aldehydes is 1. The molecule has 1 aromatic carbocycles. The second-order valence-electron chi connectivity index (χ2n) is 4.12. The highest BCUT2D eigenvalue weighted by Crippen LogP contribution is 2.29. The maximum atomic E-state index is 10.5. The molecule has 0 heterocycles. The molecular weight excluding hydrogens is 188 g/mol. The van der Waals surface area contributed by atoms with Crippen molar-refractivity contribution in [2.24, 2.45) is 5.92 Å². The highest BCUT2D eigenvalue weighted by molar-refractivity contribution is 5.75. The van der Waals surface area contributed by atoms with Gasteiger partial charge in [0.05, 0.1) is 6.61 Å². The van der Waals surface area contributed by atoms with Crippen LogP contribution in [0.4, 0.5) is 0 Å². The number of rotatable bonds is 5. The molecule has 1 aliphatic carbocycles. The molecule has 2 heteroatoms. The van der Waals surface area contributed by atoms with Gasteiger partial charge in [-0.15, -0.1) is 0 Å². The second-order valence-corrected chi connectivity index (χ2v) is 4.12. The summed E-state index contributed by atoms with van der Waals surface area (Å²) < 4.78 is 5.60. The van der Waals surface area contributed by atoms with E-state index in [1.807, 2.05) is 12.1 Å². The van der Waals surface area contributed by atoms with Crippen molar-refractivity contribution in [2.45, 2.75) is 25.7 Å². The molecule has 0 spiro atoms. The van der Waals surface area contributed by atoms with Crippen LogP contribution < -0.4 is 4.74 Å². The number of benzene rings is 1. The molecule has 0 aliphatic heterocycles. The zero-order chi connectivity index (χ0) is 10.5. The molecule has 0 amide bonds. The number of hydrogen-bond donors (Lipinski definition) is 0. The minimum absolute atomic E-state index is 0.677. The summed E-state index contributed by atoms with van der Waals surface area (Å²) in [7, 11) is 0. The van der Waals surface area contributed by atoms with E-state index in [4.69, 9.17) is 4.74 Å². The normalized spacial score (nSPS) is 15.7. The third-order valence-corrected chi connectivity index (χ3v) is 3.01. The Bertz CT molecular complexity index is 329. The molecule has 0 N–H and O–H groups in total. The van der Waals surface area contributed by atoms with Crippen molar-refractivity contribution in [1.82, 2.24) is 0 Å². The van der Waals surface area contributed by atoms with Crippen LogP contribution in [0.5, 0.6) is 5.75 Å². The lowest BCUT2D eigenvalue weighted by atomic mass is 9.83. The van der Waals surface area contributed by atoms with E-state index in [1.165, 1.54) is 19.3 Å². The van der Waals surface area contributed by atoms with E-state index < -0.39 is 0 Å². The van der Waals surface area contributed by atoms with Gasteiger partial charge >= 0.3 is 0 Å². The van der Waals surface area contributed by atoms with Crippen LogP contribution in [-0.2, 0) is 0 Å². The Balaban J connectivity index is 1.78. The zero-order valence-corrected chi connectivity index (χ0v) is 8.82. The lowest BCUT2D eigenvalue weighted by molar-refractivity contribution is 0.112. The highest BCUT2D eigenvalue weighted by Gasteiger charge is 2.16. The van der Waals surface area contributed by atoms with Crippen molar-refractivity contribution in [3.05, 3.63) is 29.8 Å². The quantitative estimate of drug-likeness (QED) is 0.689. The molecule has 0 atom stereocenters. The molecule has 80 valence electrons. The SMILES string of the molecule is O=Cc1cccc(OCCC2CCC2)c1. The Hall–Kier alpha value is -1.31. The van der Waals surface area contributed by atoms with Crippen LogP contribution in [0.1, 0.15) is 36.0 Å². The van der Waals surface area contributed by atoms with Crippen molar-refractivity contribution in [1.29, 1.82) is 0 Å². The Kier molecular flexibility index (Phi) is 3.38. The summed E-state index contributed by atoms with van der Waals surface area (Å²) in [5, 5.41) is 0. The van der Waals surface area contributed by atoms with Crippen LogP contribution in [0.15, 0.2) is 24.3 Å². The molecule has 1 aliphatic rings. The van der Waals surface area contributed by atoms with Crippen LogP contribution in [0.3, 0.4) is 0 Å². The first-order chi connectivity index (χ1) is 7.38. The molecule has 15 heavy (non-hydrogen) atoms. The average Bonchev–Trinajstić information content (AvgIpc) is 2.22. The summed E-state index contributed by atoms with van der Waals surface area (Å²) in [5.41, 5.74) is 0.677. The Morgan fingerprint density at radius 3 is 2.93 bits per heavy atom. The van der Waals surface area contributed by atoms with Crippen LogP contribution >= 0.6 is 0 Å². The van der Waals surface area contributed by atoms with Gasteiger partial charge in [-0.05, 0) is 24.5 Å². The van der Waals surface area contributed by atoms with Gasteiger partial charge in [0.15, 0.2) is 0 Å². The molecule has 1 saturated carbocycles. The van der Waals surface area contributed by atoms with E-state index in [2.05, 4.69) is 0 Å². The minimum Gasteiger partial charge on any atom is -0.494 e. The van der Waals surface area contributed by atoms with Gasteiger partial charge in [0, 0.05) is 5.56 Å². The van der Waals surface area contributed by atoms with E-state index in [-0.39, 0.29) is 0 Å². The molecule has 2 rings (SSSR count). The fourth-order valence-electron chi connectivity index (χ4n) is 1.80. The number of ether oxygens (including phenoxy) is 1. The summed E-state index contributed by atoms with van der Waals surface area (Å²) in [6, 6.07) is 7.32. The van der Waals surface area contributed by atoms with E-state index in [1.54, 1.807) is 12.1 Å². The van der Waals surface area contributed by atoms with E-state index >= 15 is 0 Å². The van der Waals surface area contributed by atoms with Crippen LogP contribution in [-0.4, -0.2) is 12.9 Å². The first-order valence-electron chi connectivity index (χ1n) is 5.56. The summed E-state index contributed by atoms with van der Waals surface area (Å²) in [4.78, 5) is 10.5. The maximum absolute atomic E-state index is 10.5. The number of hydrogen-bond acceptors (Lipinski definition) is 2. The van der Waals surface area contributed by atoms with Gasteiger partial charge in [0.2, 0.25) is 0 Å². The molecule has 0 aromatic heterocycles. The standard InChI is InChI=1S/C13H16O2/c14-10-12-5-2-6-13(9-12)15-8-7-11-3-1-4-11/h2,5-6,9-11H,1,3-4,7-8H2. The van der Waals surface area contributed by atoms with Crippen LogP contribution in [0, 0.1) is 5.92 Å². The maximum Gasteiger partial charge on any atom is 0.150 e. The van der Waals surface area contributed by atoms with Crippen molar-refractivity contribution in [2.75, 3.05) is 6.61 Å². The van der Waals surface area contributed by atoms with Gasteiger partial charge in [0.1, 0.15) is 12.0 Å². The molecular formula is C13H16O2. The topological polar surface area (TPSA) is 26.3 Å². The Morgan fingerprint density at radius 1 is 1.40 bits per heavy atom. The van der Waals surface area contributed by atoms with Gasteiger partial charge < -0.3 is 4.74 Å². The van der Waals surface area contributed by atoms with Crippen LogP contribution in [0.2, 0.25) is 0 Å². The van der Waals surface area contributed by atoms with Gasteiger partial charge in [-0.3, -0.25) is 4.79 Å². The predicted octanol–water partition coefficient (Wildman–Crippen LogP) is 3.07. The molecule has 0 bridgehead atoms. The lowest BCUT2D eigenvalue weighted by Gasteiger charge is -2.24. The molecule has 1 fully saturated rings. The van der Waals surface area contributed by atoms with E-state index in [0.717, 1.165) is 31.0 Å². The van der Waals surface area contributed by atoms with Crippen molar-refractivity contribution in [3.63, 3.8) is 0 Å². The summed E-state index contributed by atoms with van der Waals surface area (Å²) >= 11 is 0. The summed E-state index contributed by atoms with van der Waals surface area (Å²) in [6.45, 7) is 0.771. The summed E-state index contributed by atoms with van der Waals surface area (Å²) in [6.07, 6.45) is 6.09. The van der Waals surface area contributed by atoms with Gasteiger partial charge in [-0.1, -0.05) is 31.4 Å². The van der Waals surface area contributed by atoms with Crippen molar-refractivity contribution in [3.8, 4) is 5.75 Å². The van der Waals surface area contributed by atoms with Gasteiger partial charge in [-0.2, -0.15) is 0 Å². The number of carbonyl (C=O) groups excluding carboxylic acids is 1. The fraction of sp³-hybridized carbons (Fsp3) is 0.462. The van der Waals surface area contributed by atoms with E-state index in [0.29, 0.717) is 5.56 Å². The monoisotopic (exact) mass is 204 g/mol. The average molecular weight is 204 g/mol. The largest absolute Gasteiger partial charge is 0.494 e. The van der Waals surface area contributed by atoms with Crippen molar-refractivity contribution >= 4 is 6.29 Å². The third-order valence-electron chi connectivity index (χ3n) is 3.01. The van der Waals surface area contributed by atoms with E-state index in [9.17, 15) is 4.79 Å². The molecule has 0 saturated heterocycles. The van der Waals surface area contributed by atoms with Gasteiger partial charge in [0.25, 0.3) is 0 Å². The second kappa shape index (κ2) is 4.96. The third kappa shape index (κ3) is 2.82. The Labute approximate surface area is 90.3 Å². The van der Waals surface area contributed by atoms with Crippen molar-refractivity contribution < 1.29 is 9.53 Å². The fourth-order valence-corrected chi connectivity index (χ4v) is 1.80. The zero-order valence-electron chi connectivity index (χ0n) is 8.82. The van der Waals surface area contributed by atoms with Crippen LogP contribution in [0.25, 0.3) is 0 Å². The Morgan fingerprint density at radius 2 is 2.27 bits per heavy atom. The molecule has 2 nitrogen and oxygen atoms in total. The number of carbonyl (C=O) groups is 1. The van der Waals surface area contributed by atoms with Gasteiger partial charge in [-0.25, -0.2) is 0 Å². The smallest absolute Gasteiger partial charge is 0.150 e. The first-order valence-corrected chi connectivity index (χ1v) is 5.56. The minimum atomic E-state index is 0.677. The molecule has 0 unspecified atom stereocenters. The highest BCUT2D eigenvalue weighted by atomic mass is 16.5. The lowest BCUT2D eigenvalue weighted by Crippen LogP contribution is -2.14. The first kappa shape index (κ1) is 10.2. The molecule has 0 radical (unpaired) electrons. The predicted molar refractivity (Wildman–Crippen MR) is 59.3 cm³/mol.